The van der Waals surface area contributed by atoms with Crippen LogP contribution < -0.4 is 4.74 Å². The topological polar surface area (TPSA) is 72.9 Å². The van der Waals surface area contributed by atoms with Crippen LogP contribution in [0.2, 0.25) is 0 Å². The van der Waals surface area contributed by atoms with Crippen molar-refractivity contribution in [3.05, 3.63) is 31.8 Å². The fourth-order valence-corrected chi connectivity index (χ4v) is 8.84. The second-order valence-corrected chi connectivity index (χ2v) is 16.4. The zero-order valence-electron chi connectivity index (χ0n) is 24.9. The average molecular weight is 769 g/mol. The van der Waals surface area contributed by atoms with Crippen LogP contribution in [0.1, 0.15) is 97.3 Å². The van der Waals surface area contributed by atoms with Gasteiger partial charge in [0.05, 0.1) is 19.7 Å². The molecule has 4 heterocycles. The van der Waals surface area contributed by atoms with Crippen molar-refractivity contribution in [1.82, 2.24) is 18.7 Å². The van der Waals surface area contributed by atoms with Gasteiger partial charge in [-0.2, -0.15) is 14.3 Å². The lowest BCUT2D eigenvalue weighted by atomic mass is 10.0. The zero-order chi connectivity index (χ0) is 30.0. The van der Waals surface area contributed by atoms with E-state index in [0.717, 1.165) is 69.8 Å². The normalized spacial score (nSPS) is 12.6. The highest BCUT2D eigenvalue weighted by Gasteiger charge is 2.26. The summed E-state index contributed by atoms with van der Waals surface area (Å²) in [7, 11) is 0. The quantitative estimate of drug-likeness (QED) is 0.0669. The highest BCUT2D eigenvalue weighted by atomic mass is 79.9. The number of rotatable bonds is 19. The van der Waals surface area contributed by atoms with E-state index in [1.54, 1.807) is 22.7 Å². The third-order valence-corrected chi connectivity index (χ3v) is 11.4. The van der Waals surface area contributed by atoms with Gasteiger partial charge >= 0.3 is 6.01 Å². The lowest BCUT2D eigenvalue weighted by Gasteiger charge is -2.17. The number of nitrogens with one attached hydrogen (secondary N) is 1. The van der Waals surface area contributed by atoms with Gasteiger partial charge in [0.1, 0.15) is 16.6 Å². The van der Waals surface area contributed by atoms with Crippen LogP contribution in [0, 0.1) is 0 Å². The smallest absolute Gasteiger partial charge is 0.320 e. The van der Waals surface area contributed by atoms with Crippen molar-refractivity contribution < 1.29 is 9.47 Å². The number of halogens is 2. The summed E-state index contributed by atoms with van der Waals surface area (Å²) in [5, 5.41) is 0. The summed E-state index contributed by atoms with van der Waals surface area (Å²) in [4.78, 5) is 12.3. The first-order valence-electron chi connectivity index (χ1n) is 15.6. The number of aromatic amines is 1. The summed E-state index contributed by atoms with van der Waals surface area (Å²) < 4.78 is 23.2. The molecule has 1 aromatic carbocycles. The average Bonchev–Trinajstić information content (AvgIpc) is 3.81. The SMILES string of the molecule is CCCCCCCCOC(CCCCCCCC)Oc1nc2c(-c3ccc(Br)s3)c3ns[nH]c3c(-c3ccc(Br)s3)c2n1. The van der Waals surface area contributed by atoms with E-state index in [1.807, 2.05) is 0 Å². The van der Waals surface area contributed by atoms with E-state index in [9.17, 15) is 0 Å². The summed E-state index contributed by atoms with van der Waals surface area (Å²) in [6, 6.07) is 8.75. The molecule has 0 amide bonds. The number of H-pyrrole nitrogens is 1. The Morgan fingerprint density at radius 2 is 1.30 bits per heavy atom. The molecular weight excluding hydrogens is 728 g/mol. The highest BCUT2D eigenvalue weighted by molar-refractivity contribution is 9.11. The van der Waals surface area contributed by atoms with Gasteiger partial charge in [0.15, 0.2) is 0 Å². The van der Waals surface area contributed by atoms with Gasteiger partial charge in [0.25, 0.3) is 0 Å². The van der Waals surface area contributed by atoms with Gasteiger partial charge in [0, 0.05) is 39.0 Å². The molecule has 5 rings (SSSR count). The second kappa shape index (κ2) is 16.8. The lowest BCUT2D eigenvalue weighted by molar-refractivity contribution is -0.0904. The van der Waals surface area contributed by atoms with Crippen LogP contribution in [0.3, 0.4) is 0 Å². The molecule has 1 N–H and O–H groups in total. The number of benzene rings is 1. The van der Waals surface area contributed by atoms with Crippen LogP contribution in [0.15, 0.2) is 31.8 Å². The van der Waals surface area contributed by atoms with Crippen LogP contribution >= 0.6 is 66.3 Å². The Morgan fingerprint density at radius 3 is 1.93 bits per heavy atom. The molecule has 43 heavy (non-hydrogen) atoms. The molecule has 0 saturated heterocycles. The highest BCUT2D eigenvalue weighted by Crippen LogP contribution is 2.46. The van der Waals surface area contributed by atoms with Crippen molar-refractivity contribution in [2.45, 2.75) is 104 Å². The predicted octanol–water partition coefficient (Wildman–Crippen LogP) is 12.4. The maximum atomic E-state index is 6.48. The van der Waals surface area contributed by atoms with Gasteiger partial charge < -0.3 is 9.47 Å². The Bertz CT molecular complexity index is 1490. The maximum Gasteiger partial charge on any atom is 0.320 e. The van der Waals surface area contributed by atoms with Gasteiger partial charge in [-0.25, -0.2) is 0 Å². The number of thiophene rings is 2. The summed E-state index contributed by atoms with van der Waals surface area (Å²) in [5.41, 5.74) is 5.51. The number of hydrogen-bond acceptors (Lipinski definition) is 8. The van der Waals surface area contributed by atoms with E-state index in [0.29, 0.717) is 12.6 Å². The summed E-state index contributed by atoms with van der Waals surface area (Å²) in [6.07, 6.45) is 15.3. The van der Waals surface area contributed by atoms with E-state index in [-0.39, 0.29) is 6.29 Å². The van der Waals surface area contributed by atoms with Gasteiger partial charge in [0.2, 0.25) is 6.29 Å². The zero-order valence-corrected chi connectivity index (χ0v) is 30.5. The van der Waals surface area contributed by atoms with Gasteiger partial charge in [-0.3, -0.25) is 4.37 Å². The van der Waals surface area contributed by atoms with Gasteiger partial charge in [-0.1, -0.05) is 78.1 Å². The molecule has 0 bridgehead atoms. The number of fused-ring (bicyclic) bond motifs is 2. The summed E-state index contributed by atoms with van der Waals surface area (Å²) >= 11 is 12.0. The van der Waals surface area contributed by atoms with E-state index in [4.69, 9.17) is 23.8 Å². The molecule has 5 aromatic rings. The first-order chi connectivity index (χ1) is 21.1. The van der Waals surface area contributed by atoms with Crippen LogP contribution in [-0.2, 0) is 4.74 Å². The van der Waals surface area contributed by atoms with Crippen molar-refractivity contribution in [3.8, 4) is 26.9 Å². The number of ether oxygens (including phenoxy) is 2. The van der Waals surface area contributed by atoms with Crippen molar-refractivity contribution in [2.24, 2.45) is 0 Å². The Morgan fingerprint density at radius 1 is 0.721 bits per heavy atom. The van der Waals surface area contributed by atoms with Crippen molar-refractivity contribution in [3.63, 3.8) is 0 Å². The van der Waals surface area contributed by atoms with Crippen molar-refractivity contribution in [1.29, 1.82) is 0 Å². The van der Waals surface area contributed by atoms with Gasteiger partial charge in [-0.15, -0.1) is 22.7 Å². The Hall–Kier alpha value is -1.37. The number of aromatic nitrogens is 4. The van der Waals surface area contributed by atoms with Crippen LogP contribution in [0.25, 0.3) is 42.9 Å². The van der Waals surface area contributed by atoms with Crippen LogP contribution in [0.4, 0.5) is 0 Å². The molecule has 0 spiro atoms. The van der Waals surface area contributed by atoms with Crippen LogP contribution in [-0.4, -0.2) is 31.6 Å². The Labute approximate surface area is 283 Å². The van der Waals surface area contributed by atoms with Crippen molar-refractivity contribution in [2.75, 3.05) is 6.61 Å². The fourth-order valence-electron chi connectivity index (χ4n) is 5.36. The minimum absolute atomic E-state index is 0.359. The van der Waals surface area contributed by atoms with Crippen LogP contribution in [0.5, 0.6) is 6.01 Å². The van der Waals surface area contributed by atoms with Crippen molar-refractivity contribution >= 4 is 88.3 Å². The fraction of sp³-hybridized carbons (Fsp3) is 0.531. The minimum Gasteiger partial charge on any atom is -0.434 e. The molecule has 0 aliphatic rings. The van der Waals surface area contributed by atoms with E-state index < -0.39 is 0 Å². The second-order valence-electron chi connectivity index (χ2n) is 10.9. The third kappa shape index (κ3) is 8.67. The molecular formula is C32H40Br2N4O2S3. The standard InChI is InChI=1S/C32H40Br2N4O2S3/c1-3-5-7-9-11-13-15-25(39-20-14-12-10-8-6-4-2)40-32-35-28-26(21-16-18-23(33)41-21)30-31(38-43-37-30)27(29(28)36-32)22-17-19-24(34)42-22/h16-19,25,37H,3-15,20H2,1-2H3. The van der Waals surface area contributed by atoms with E-state index in [2.05, 4.69) is 74.3 Å². The van der Waals surface area contributed by atoms with Gasteiger partial charge in [-0.05, 0) is 69.0 Å². The summed E-state index contributed by atoms with van der Waals surface area (Å²) in [5.74, 6) is 0. The largest absolute Gasteiger partial charge is 0.434 e. The third-order valence-electron chi connectivity index (χ3n) is 7.59. The number of unbranched alkanes of at least 4 members (excludes halogenated alkanes) is 10. The molecule has 0 aliphatic carbocycles. The first-order valence-corrected chi connectivity index (χ1v) is 19.5. The molecule has 6 nitrogen and oxygen atoms in total. The Balaban J connectivity index is 1.43. The first kappa shape index (κ1) is 33.0. The molecule has 0 saturated carbocycles. The predicted molar refractivity (Wildman–Crippen MR) is 191 cm³/mol. The van der Waals surface area contributed by atoms with E-state index in [1.165, 1.54) is 75.9 Å². The summed E-state index contributed by atoms with van der Waals surface area (Å²) in [6.45, 7) is 5.21. The molecule has 0 radical (unpaired) electrons. The molecule has 11 heteroatoms. The molecule has 1 unspecified atom stereocenters. The monoisotopic (exact) mass is 766 g/mol. The number of imidazole rings is 1. The molecule has 0 fully saturated rings. The number of nitrogens with zero attached hydrogens (tertiary/aromatic N) is 3. The molecule has 4 aromatic heterocycles. The van der Waals surface area contributed by atoms with E-state index >= 15 is 0 Å². The number of hydrogen-bond donors (Lipinski definition) is 1. The Kier molecular flexibility index (Phi) is 12.9. The molecule has 0 aliphatic heterocycles. The molecule has 232 valence electrons. The maximum absolute atomic E-state index is 6.48. The minimum atomic E-state index is -0.359. The lowest BCUT2D eigenvalue weighted by Crippen LogP contribution is -2.22. The molecule has 1 atom stereocenters.